The Morgan fingerprint density at radius 3 is 2.59 bits per heavy atom. The molecule has 0 bridgehead atoms. The van der Waals surface area contributed by atoms with Crippen LogP contribution in [0.1, 0.15) is 25.3 Å². The Bertz CT molecular complexity index is 632. The summed E-state index contributed by atoms with van der Waals surface area (Å²) in [5.41, 5.74) is 2.69. The molecule has 2 aromatic rings. The van der Waals surface area contributed by atoms with E-state index in [4.69, 9.17) is 0 Å². The summed E-state index contributed by atoms with van der Waals surface area (Å²) in [6.45, 7) is 4.15. The minimum atomic E-state index is -4.82. The van der Waals surface area contributed by atoms with Gasteiger partial charge in [0.1, 0.15) is 0 Å². The van der Waals surface area contributed by atoms with Crippen LogP contribution >= 0.6 is 12.0 Å². The zero-order valence-electron chi connectivity index (χ0n) is 11.9. The smallest absolute Gasteiger partial charge is 0.256 e. The molecule has 0 amide bonds. The number of pyridine rings is 1. The van der Waals surface area contributed by atoms with Crippen LogP contribution in [-0.2, 0) is 9.22 Å². The summed E-state index contributed by atoms with van der Waals surface area (Å²) in [4.78, 5) is 8.05. The first-order valence-electron chi connectivity index (χ1n) is 6.50. The molecule has 0 aliphatic heterocycles. The number of aromatic nitrogens is 1. The van der Waals surface area contributed by atoms with E-state index >= 15 is 0 Å². The summed E-state index contributed by atoms with van der Waals surface area (Å²) in [5, 5.41) is 0. The lowest BCUT2D eigenvalue weighted by atomic mass is 10.0. The van der Waals surface area contributed by atoms with Gasteiger partial charge in [0.05, 0.1) is 17.7 Å². The molecule has 2 rings (SSSR count). The van der Waals surface area contributed by atoms with Gasteiger partial charge in [0.15, 0.2) is 0 Å². The molecule has 0 aliphatic rings. The molecular formula is C15H14F3NO2S. The molecular weight excluding hydrogens is 315 g/mol. The number of halogens is 3. The molecule has 0 saturated carbocycles. The second kappa shape index (κ2) is 7.13. The minimum Gasteiger partial charge on any atom is -0.256 e. The first kappa shape index (κ1) is 16.8. The summed E-state index contributed by atoms with van der Waals surface area (Å²) in [6, 6.07) is 10.8. The fraction of sp³-hybridized carbons (Fsp3) is 0.267. The van der Waals surface area contributed by atoms with Crippen molar-refractivity contribution in [1.82, 2.24) is 4.98 Å². The molecule has 0 aliphatic carbocycles. The highest BCUT2D eigenvalue weighted by atomic mass is 32.2. The average Bonchev–Trinajstić information content (AvgIpc) is 2.46. The normalized spacial score (nSPS) is 11.9. The van der Waals surface area contributed by atoms with Crippen molar-refractivity contribution >= 4 is 12.0 Å². The van der Waals surface area contributed by atoms with Gasteiger partial charge >= 0.3 is 6.36 Å². The third kappa shape index (κ3) is 5.01. The molecule has 0 N–H and O–H groups in total. The fourth-order valence-electron chi connectivity index (χ4n) is 1.77. The van der Waals surface area contributed by atoms with Crippen LogP contribution in [0.2, 0.25) is 0 Å². The van der Waals surface area contributed by atoms with E-state index in [1.807, 2.05) is 18.2 Å². The predicted octanol–water partition coefficient (Wildman–Crippen LogP) is 5.35. The van der Waals surface area contributed by atoms with E-state index in [0.717, 1.165) is 16.8 Å². The zero-order valence-corrected chi connectivity index (χ0v) is 12.7. The molecule has 1 aromatic heterocycles. The average molecular weight is 329 g/mol. The van der Waals surface area contributed by atoms with E-state index in [1.165, 1.54) is 0 Å². The van der Waals surface area contributed by atoms with E-state index in [0.29, 0.717) is 22.9 Å². The van der Waals surface area contributed by atoms with Crippen molar-refractivity contribution in [2.45, 2.75) is 31.0 Å². The Kier molecular flexibility index (Phi) is 5.44. The van der Waals surface area contributed by atoms with E-state index in [1.54, 1.807) is 24.4 Å². The number of benzene rings is 1. The monoisotopic (exact) mass is 329 g/mol. The Hall–Kier alpha value is -1.57. The van der Waals surface area contributed by atoms with Crippen LogP contribution in [0.5, 0.6) is 0 Å². The largest absolute Gasteiger partial charge is 0.550 e. The molecule has 0 unspecified atom stereocenters. The minimum absolute atomic E-state index is 0.364. The summed E-state index contributed by atoms with van der Waals surface area (Å²) in [5.74, 6) is 0.364. The van der Waals surface area contributed by atoms with Crippen LogP contribution in [0.25, 0.3) is 11.3 Å². The van der Waals surface area contributed by atoms with E-state index < -0.39 is 6.36 Å². The van der Waals surface area contributed by atoms with Gasteiger partial charge in [-0.1, -0.05) is 26.0 Å². The summed E-state index contributed by atoms with van der Waals surface area (Å²) >= 11 is 0.497. The Morgan fingerprint density at radius 2 is 1.91 bits per heavy atom. The van der Waals surface area contributed by atoms with Gasteiger partial charge in [-0.05, 0) is 35.7 Å². The maximum Gasteiger partial charge on any atom is 0.550 e. The molecule has 0 radical (unpaired) electrons. The standard InChI is InChI=1S/C15H14F3NO2S/c1-10(2)11-6-7-19-14(9-11)12-4-3-5-13(8-12)22-21-20-15(16,17)18/h3-10H,1-2H3. The molecule has 1 aromatic carbocycles. The van der Waals surface area contributed by atoms with Gasteiger partial charge in [0, 0.05) is 16.7 Å². The van der Waals surface area contributed by atoms with Crippen LogP contribution in [0.3, 0.4) is 0 Å². The van der Waals surface area contributed by atoms with Crippen LogP contribution < -0.4 is 0 Å². The molecule has 0 atom stereocenters. The van der Waals surface area contributed by atoms with E-state index in [2.05, 4.69) is 28.1 Å². The predicted molar refractivity (Wildman–Crippen MR) is 77.8 cm³/mol. The Morgan fingerprint density at radius 1 is 1.14 bits per heavy atom. The lowest BCUT2D eigenvalue weighted by Crippen LogP contribution is -2.11. The van der Waals surface area contributed by atoms with Gasteiger partial charge in [0.2, 0.25) is 0 Å². The number of hydrogen-bond donors (Lipinski definition) is 0. The lowest BCUT2D eigenvalue weighted by molar-refractivity contribution is -0.440. The fourth-order valence-corrected chi connectivity index (χ4v) is 2.26. The maximum absolute atomic E-state index is 11.9. The van der Waals surface area contributed by atoms with Gasteiger partial charge < -0.3 is 0 Å². The third-order valence-electron chi connectivity index (χ3n) is 2.84. The van der Waals surface area contributed by atoms with Crippen molar-refractivity contribution in [2.24, 2.45) is 0 Å². The topological polar surface area (TPSA) is 31.4 Å². The number of rotatable bonds is 5. The van der Waals surface area contributed by atoms with Gasteiger partial charge in [-0.2, -0.15) is 4.33 Å². The summed E-state index contributed by atoms with van der Waals surface area (Å²) in [6.07, 6.45) is -3.11. The highest BCUT2D eigenvalue weighted by molar-refractivity contribution is 7.94. The number of alkyl halides is 3. The molecule has 0 fully saturated rings. The molecule has 3 nitrogen and oxygen atoms in total. The first-order chi connectivity index (χ1) is 10.3. The van der Waals surface area contributed by atoms with E-state index in [-0.39, 0.29) is 0 Å². The van der Waals surface area contributed by atoms with Crippen LogP contribution in [-0.4, -0.2) is 11.3 Å². The molecule has 118 valence electrons. The van der Waals surface area contributed by atoms with Crippen molar-refractivity contribution in [1.29, 1.82) is 0 Å². The number of nitrogens with zero attached hydrogens (tertiary/aromatic N) is 1. The molecule has 22 heavy (non-hydrogen) atoms. The molecule has 1 heterocycles. The molecule has 7 heteroatoms. The van der Waals surface area contributed by atoms with Gasteiger partial charge in [-0.15, -0.1) is 18.1 Å². The van der Waals surface area contributed by atoms with Gasteiger partial charge in [-0.3, -0.25) is 4.98 Å². The van der Waals surface area contributed by atoms with Gasteiger partial charge in [-0.25, -0.2) is 0 Å². The Labute approximate surface area is 130 Å². The van der Waals surface area contributed by atoms with Crippen molar-refractivity contribution in [3.05, 3.63) is 48.2 Å². The van der Waals surface area contributed by atoms with Crippen molar-refractivity contribution in [2.75, 3.05) is 0 Å². The van der Waals surface area contributed by atoms with Crippen molar-refractivity contribution in [3.63, 3.8) is 0 Å². The van der Waals surface area contributed by atoms with Gasteiger partial charge in [0.25, 0.3) is 0 Å². The highest BCUT2D eigenvalue weighted by Crippen LogP contribution is 2.29. The zero-order chi connectivity index (χ0) is 16.2. The van der Waals surface area contributed by atoms with Crippen LogP contribution in [0, 0.1) is 0 Å². The second-order valence-corrected chi connectivity index (χ2v) is 5.61. The summed E-state index contributed by atoms with van der Waals surface area (Å²) < 4.78 is 39.7. The maximum atomic E-state index is 11.9. The first-order valence-corrected chi connectivity index (χ1v) is 7.25. The highest BCUT2D eigenvalue weighted by Gasteiger charge is 2.31. The molecule has 0 saturated heterocycles. The van der Waals surface area contributed by atoms with E-state index in [9.17, 15) is 13.2 Å². The lowest BCUT2D eigenvalue weighted by Gasteiger charge is -2.09. The number of hydrogen-bond acceptors (Lipinski definition) is 4. The quantitative estimate of drug-likeness (QED) is 0.420. The summed E-state index contributed by atoms with van der Waals surface area (Å²) in [7, 11) is 0. The molecule has 0 spiro atoms. The van der Waals surface area contributed by atoms with Crippen LogP contribution in [0.15, 0.2) is 47.5 Å². The van der Waals surface area contributed by atoms with Crippen molar-refractivity contribution < 1.29 is 22.4 Å². The SMILES string of the molecule is CC(C)c1ccnc(-c2cccc(SOOC(F)(F)F)c2)c1. The second-order valence-electron chi connectivity index (χ2n) is 4.84. The Balaban J connectivity index is 2.13. The van der Waals surface area contributed by atoms with Crippen molar-refractivity contribution in [3.8, 4) is 11.3 Å². The third-order valence-corrected chi connectivity index (χ3v) is 3.42. The van der Waals surface area contributed by atoms with Crippen LogP contribution in [0.4, 0.5) is 13.2 Å².